The molecule has 0 unspecified atom stereocenters. The quantitative estimate of drug-likeness (QED) is 0.575. The van der Waals surface area contributed by atoms with E-state index < -0.39 is 0 Å². The molecular weight excluding hydrogens is 490 g/mol. The third-order valence-electron chi connectivity index (χ3n) is 10.7. The van der Waals surface area contributed by atoms with Gasteiger partial charge in [-0.3, -0.25) is 9.36 Å². The molecule has 0 aromatic carbocycles. The molecule has 7 atom stereocenters. The number of piperazine rings is 1. The fourth-order valence-electron chi connectivity index (χ4n) is 8.73. The Bertz CT molecular complexity index is 1210. The zero-order valence-electron chi connectivity index (χ0n) is 21.9. The Morgan fingerprint density at radius 1 is 1.05 bits per heavy atom. The molecular formula is C27H38ClN7O2. The van der Waals surface area contributed by atoms with Crippen LogP contribution in [0.3, 0.4) is 0 Å². The lowest BCUT2D eigenvalue weighted by atomic mass is 9.48. The molecule has 2 saturated carbocycles. The van der Waals surface area contributed by atoms with Crippen molar-refractivity contribution in [3.05, 3.63) is 11.6 Å². The fourth-order valence-corrected chi connectivity index (χ4v) is 8.89. The summed E-state index contributed by atoms with van der Waals surface area (Å²) < 4.78 is 9.11. The van der Waals surface area contributed by atoms with Gasteiger partial charge in [-0.25, -0.2) is 4.98 Å². The number of fused-ring (bicyclic) bond motifs is 6. The highest BCUT2D eigenvalue weighted by Crippen LogP contribution is 2.61. The molecule has 10 heteroatoms. The van der Waals surface area contributed by atoms with Gasteiger partial charge < -0.3 is 20.3 Å². The summed E-state index contributed by atoms with van der Waals surface area (Å²) in [7, 11) is 0. The molecule has 3 saturated heterocycles. The number of amides is 1. The average Bonchev–Trinajstić information content (AvgIpc) is 3.32. The molecule has 2 aromatic rings. The topological polar surface area (TPSA) is 97.2 Å². The highest BCUT2D eigenvalue weighted by atomic mass is 35.5. The zero-order chi connectivity index (χ0) is 25.4. The van der Waals surface area contributed by atoms with E-state index in [1.165, 1.54) is 12.8 Å². The number of aromatic nitrogens is 4. The van der Waals surface area contributed by atoms with E-state index in [0.717, 1.165) is 75.3 Å². The van der Waals surface area contributed by atoms with E-state index in [0.29, 0.717) is 30.2 Å². The first-order valence-corrected chi connectivity index (χ1v) is 14.6. The van der Waals surface area contributed by atoms with Gasteiger partial charge in [0, 0.05) is 38.6 Å². The van der Waals surface area contributed by atoms with Crippen LogP contribution in [0.15, 0.2) is 6.33 Å². The first-order valence-electron chi connectivity index (χ1n) is 14.2. The lowest BCUT2D eigenvalue weighted by Gasteiger charge is -2.62. The van der Waals surface area contributed by atoms with Crippen LogP contribution in [0, 0.1) is 23.2 Å². The van der Waals surface area contributed by atoms with Crippen molar-refractivity contribution in [2.45, 2.75) is 83.1 Å². The van der Waals surface area contributed by atoms with Crippen molar-refractivity contribution < 1.29 is 9.53 Å². The van der Waals surface area contributed by atoms with Crippen LogP contribution >= 0.6 is 11.6 Å². The van der Waals surface area contributed by atoms with Gasteiger partial charge in [0.25, 0.3) is 0 Å². The molecule has 1 amide bonds. The molecule has 7 rings (SSSR count). The summed E-state index contributed by atoms with van der Waals surface area (Å²) >= 11 is 6.43. The highest BCUT2D eigenvalue weighted by molar-refractivity contribution is 6.28. The summed E-state index contributed by atoms with van der Waals surface area (Å²) in [5.41, 5.74) is 1.61. The number of piperidine rings is 1. The maximum absolute atomic E-state index is 12.1. The van der Waals surface area contributed by atoms with Crippen LogP contribution in [-0.4, -0.2) is 63.2 Å². The highest BCUT2D eigenvalue weighted by Gasteiger charge is 2.59. The molecule has 3 aliphatic heterocycles. The first-order chi connectivity index (χ1) is 17.9. The number of ether oxygens (including phenoxy) is 1. The van der Waals surface area contributed by atoms with Crippen molar-refractivity contribution in [3.63, 3.8) is 0 Å². The van der Waals surface area contributed by atoms with Crippen LogP contribution in [0.4, 0.5) is 5.82 Å². The van der Waals surface area contributed by atoms with Crippen molar-refractivity contribution in [3.8, 4) is 0 Å². The molecule has 37 heavy (non-hydrogen) atoms. The van der Waals surface area contributed by atoms with E-state index in [4.69, 9.17) is 21.3 Å². The van der Waals surface area contributed by atoms with Gasteiger partial charge in [-0.05, 0) is 86.6 Å². The fraction of sp³-hybridized carbons (Fsp3) is 0.778. The molecule has 2 aliphatic carbocycles. The predicted octanol–water partition coefficient (Wildman–Crippen LogP) is 3.68. The molecule has 2 aromatic heterocycles. The molecule has 5 aliphatic rings. The van der Waals surface area contributed by atoms with E-state index >= 15 is 0 Å². The Morgan fingerprint density at radius 2 is 1.89 bits per heavy atom. The molecule has 200 valence electrons. The lowest BCUT2D eigenvalue weighted by molar-refractivity contribution is -0.231. The minimum absolute atomic E-state index is 0.106. The smallest absolute Gasteiger partial charge is 0.226 e. The van der Waals surface area contributed by atoms with Crippen molar-refractivity contribution in [2.75, 3.05) is 31.1 Å². The number of anilines is 1. The van der Waals surface area contributed by atoms with Gasteiger partial charge >= 0.3 is 0 Å². The maximum atomic E-state index is 12.1. The summed E-state index contributed by atoms with van der Waals surface area (Å²) in [4.78, 5) is 28.3. The third-order valence-corrected chi connectivity index (χ3v) is 10.8. The average molecular weight is 528 g/mol. The van der Waals surface area contributed by atoms with Gasteiger partial charge in [0.2, 0.25) is 11.2 Å². The zero-order valence-corrected chi connectivity index (χ0v) is 22.6. The van der Waals surface area contributed by atoms with Crippen LogP contribution in [0.25, 0.3) is 11.2 Å². The van der Waals surface area contributed by atoms with Crippen LogP contribution in [0.1, 0.15) is 71.4 Å². The molecule has 0 radical (unpaired) electrons. The van der Waals surface area contributed by atoms with Crippen molar-refractivity contribution in [1.29, 1.82) is 0 Å². The minimum Gasteiger partial charge on any atom is -0.353 e. The summed E-state index contributed by atoms with van der Waals surface area (Å²) in [5, 5.41) is 6.99. The number of imidazole rings is 1. The SMILES string of the molecule is C[C@]12CCC(=O)N[C@@H]1CC[C@@H]1[C@@H]2CC[C@]2(C)O[C@H](n3cnc4c(N5CCNCC5)nc(Cl)nc43)CC[C@@H]12. The van der Waals surface area contributed by atoms with Crippen LogP contribution in [0.2, 0.25) is 5.28 Å². The van der Waals surface area contributed by atoms with Crippen molar-refractivity contribution in [1.82, 2.24) is 30.2 Å². The molecule has 0 bridgehead atoms. The van der Waals surface area contributed by atoms with Gasteiger partial charge in [-0.15, -0.1) is 0 Å². The summed E-state index contributed by atoms with van der Waals surface area (Å²) in [5.74, 6) is 2.92. The molecule has 5 heterocycles. The number of hydrogen-bond acceptors (Lipinski definition) is 7. The van der Waals surface area contributed by atoms with E-state index in [2.05, 4.69) is 43.9 Å². The maximum Gasteiger partial charge on any atom is 0.226 e. The second-order valence-corrected chi connectivity index (χ2v) is 12.8. The summed E-state index contributed by atoms with van der Waals surface area (Å²) in [6, 6.07) is 0.336. The van der Waals surface area contributed by atoms with E-state index in [9.17, 15) is 4.79 Å². The number of hydrogen-bond donors (Lipinski definition) is 2. The van der Waals surface area contributed by atoms with Crippen molar-refractivity contribution >= 4 is 34.5 Å². The van der Waals surface area contributed by atoms with E-state index in [1.54, 1.807) is 0 Å². The number of halogens is 1. The standard InChI is InChI=1S/C27H38ClN7O2/c1-26-9-8-20(36)31-19(26)5-3-16-17(26)7-10-27(2)18(16)4-6-21(37-27)35-15-30-22-23(32-25(28)33-24(22)35)34-13-11-29-12-14-34/h15-19,21,29H,3-14H2,1-2H3,(H,31,36)/t16-,17+,18+,19-,21+,26-,27+/m1/s1. The van der Waals surface area contributed by atoms with Gasteiger partial charge in [0.15, 0.2) is 17.0 Å². The largest absolute Gasteiger partial charge is 0.353 e. The number of carbonyl (C=O) groups is 1. The van der Waals surface area contributed by atoms with Gasteiger partial charge in [-0.2, -0.15) is 9.97 Å². The summed E-state index contributed by atoms with van der Waals surface area (Å²) in [6.07, 6.45) is 10.0. The molecule has 5 fully saturated rings. The Kier molecular flexibility index (Phi) is 5.72. The number of nitrogens with one attached hydrogen (secondary N) is 2. The van der Waals surface area contributed by atoms with Crippen LogP contribution in [0.5, 0.6) is 0 Å². The van der Waals surface area contributed by atoms with Crippen molar-refractivity contribution in [2.24, 2.45) is 23.2 Å². The third kappa shape index (κ3) is 3.79. The number of rotatable bonds is 2. The summed E-state index contributed by atoms with van der Waals surface area (Å²) in [6.45, 7) is 8.37. The minimum atomic E-state index is -0.167. The predicted molar refractivity (Wildman–Crippen MR) is 141 cm³/mol. The van der Waals surface area contributed by atoms with Gasteiger partial charge in [0.05, 0.1) is 11.9 Å². The number of nitrogens with zero attached hydrogens (tertiary/aromatic N) is 5. The normalized spacial score (nSPS) is 40.0. The van der Waals surface area contributed by atoms with Gasteiger partial charge in [0.1, 0.15) is 6.23 Å². The lowest BCUT2D eigenvalue weighted by Crippen LogP contribution is -2.63. The first kappa shape index (κ1) is 24.1. The Morgan fingerprint density at radius 3 is 2.73 bits per heavy atom. The van der Waals surface area contributed by atoms with Gasteiger partial charge in [-0.1, -0.05) is 6.92 Å². The second-order valence-electron chi connectivity index (χ2n) is 12.5. The monoisotopic (exact) mass is 527 g/mol. The Hall–Kier alpha value is -1.97. The molecule has 2 N–H and O–H groups in total. The Balaban J connectivity index is 1.15. The van der Waals surface area contributed by atoms with E-state index in [1.807, 2.05) is 6.33 Å². The van der Waals surface area contributed by atoms with Crippen LogP contribution in [-0.2, 0) is 9.53 Å². The second kappa shape index (κ2) is 8.78. The Labute approximate surface area is 223 Å². The molecule has 0 spiro atoms. The van der Waals surface area contributed by atoms with Crippen LogP contribution < -0.4 is 15.5 Å². The van der Waals surface area contributed by atoms with E-state index in [-0.39, 0.29) is 28.4 Å². The number of carbonyl (C=O) groups excluding carboxylic acids is 1. The molecule has 9 nitrogen and oxygen atoms in total.